The van der Waals surface area contributed by atoms with Gasteiger partial charge in [-0.1, -0.05) is 6.07 Å². The van der Waals surface area contributed by atoms with Crippen molar-refractivity contribution in [3.05, 3.63) is 65.3 Å². The predicted molar refractivity (Wildman–Crippen MR) is 99.6 cm³/mol. The third kappa shape index (κ3) is 3.98. The second kappa shape index (κ2) is 7.72. The predicted octanol–water partition coefficient (Wildman–Crippen LogP) is 3.42. The first kappa shape index (κ1) is 18.0. The Hall–Kier alpha value is -3.35. The van der Waals surface area contributed by atoms with E-state index >= 15 is 0 Å². The average molecular weight is 382 g/mol. The number of oxazole rings is 1. The van der Waals surface area contributed by atoms with Crippen molar-refractivity contribution in [2.75, 3.05) is 13.3 Å². The molecule has 1 aliphatic rings. The zero-order valence-corrected chi connectivity index (χ0v) is 15.3. The van der Waals surface area contributed by atoms with Crippen LogP contribution in [0.15, 0.2) is 46.9 Å². The summed E-state index contributed by atoms with van der Waals surface area (Å²) in [7, 11) is 0. The molecule has 0 saturated heterocycles. The van der Waals surface area contributed by atoms with Crippen LogP contribution in [0.25, 0.3) is 11.5 Å². The Morgan fingerprint density at radius 1 is 1.14 bits per heavy atom. The summed E-state index contributed by atoms with van der Waals surface area (Å²) in [6.45, 7) is 2.50. The molecule has 1 aromatic heterocycles. The quantitative estimate of drug-likeness (QED) is 0.707. The van der Waals surface area contributed by atoms with Crippen LogP contribution in [0.4, 0.5) is 4.39 Å². The lowest BCUT2D eigenvalue weighted by Gasteiger charge is -2.05. The average Bonchev–Trinajstić information content (AvgIpc) is 3.29. The van der Waals surface area contributed by atoms with Crippen LogP contribution in [0, 0.1) is 12.7 Å². The second-order valence-corrected chi connectivity index (χ2v) is 6.49. The molecular formula is C21H19FN2O4. The lowest BCUT2D eigenvalue weighted by molar-refractivity contribution is -0.120. The lowest BCUT2D eigenvalue weighted by Crippen LogP contribution is -2.27. The maximum absolute atomic E-state index is 13.0. The van der Waals surface area contributed by atoms with Gasteiger partial charge in [0.25, 0.3) is 0 Å². The van der Waals surface area contributed by atoms with E-state index in [1.54, 1.807) is 19.1 Å². The van der Waals surface area contributed by atoms with Gasteiger partial charge in [0.2, 0.25) is 18.6 Å². The molecule has 3 aromatic rings. The molecule has 6 nitrogen and oxygen atoms in total. The zero-order valence-electron chi connectivity index (χ0n) is 15.3. The number of benzene rings is 2. The molecule has 0 fully saturated rings. The van der Waals surface area contributed by atoms with E-state index in [2.05, 4.69) is 10.3 Å². The van der Waals surface area contributed by atoms with Gasteiger partial charge in [0.05, 0.1) is 12.1 Å². The highest BCUT2D eigenvalue weighted by Crippen LogP contribution is 2.32. The summed E-state index contributed by atoms with van der Waals surface area (Å²) in [5.41, 5.74) is 2.29. The van der Waals surface area contributed by atoms with Crippen LogP contribution in [0.3, 0.4) is 0 Å². The van der Waals surface area contributed by atoms with E-state index in [0.717, 1.165) is 17.1 Å². The summed E-state index contributed by atoms with van der Waals surface area (Å²) in [6, 6.07) is 11.6. The smallest absolute Gasteiger partial charge is 0.231 e. The minimum absolute atomic E-state index is 0.123. The fourth-order valence-corrected chi connectivity index (χ4v) is 2.97. The van der Waals surface area contributed by atoms with Gasteiger partial charge in [-0.3, -0.25) is 4.79 Å². The fourth-order valence-electron chi connectivity index (χ4n) is 2.97. The Morgan fingerprint density at radius 2 is 1.93 bits per heavy atom. The van der Waals surface area contributed by atoms with Gasteiger partial charge in [0.15, 0.2) is 11.5 Å². The van der Waals surface area contributed by atoms with Crippen molar-refractivity contribution < 1.29 is 23.1 Å². The molecule has 7 heteroatoms. The van der Waals surface area contributed by atoms with Crippen molar-refractivity contribution in [1.29, 1.82) is 0 Å². The highest BCUT2D eigenvalue weighted by molar-refractivity contribution is 5.78. The van der Waals surface area contributed by atoms with Gasteiger partial charge in [-0.25, -0.2) is 9.37 Å². The number of hydrogen-bond donors (Lipinski definition) is 1. The summed E-state index contributed by atoms with van der Waals surface area (Å²) in [5.74, 6) is 1.96. The Labute approximate surface area is 161 Å². The highest BCUT2D eigenvalue weighted by atomic mass is 19.1. The molecule has 144 valence electrons. The molecule has 0 spiro atoms. The van der Waals surface area contributed by atoms with E-state index in [1.807, 2.05) is 18.2 Å². The number of aryl methyl sites for hydroxylation is 1. The molecule has 1 aliphatic heterocycles. The van der Waals surface area contributed by atoms with Gasteiger partial charge in [0, 0.05) is 12.1 Å². The fraction of sp³-hybridized carbons (Fsp3) is 0.238. The van der Waals surface area contributed by atoms with Gasteiger partial charge >= 0.3 is 0 Å². The molecular weight excluding hydrogens is 363 g/mol. The summed E-state index contributed by atoms with van der Waals surface area (Å²) in [4.78, 5) is 16.6. The molecule has 1 amide bonds. The normalized spacial score (nSPS) is 12.2. The Kier molecular flexibility index (Phi) is 4.97. The number of aromatic nitrogens is 1. The van der Waals surface area contributed by atoms with Crippen molar-refractivity contribution in [3.8, 4) is 23.0 Å². The van der Waals surface area contributed by atoms with E-state index in [4.69, 9.17) is 13.9 Å². The number of nitrogens with zero attached hydrogens (tertiary/aromatic N) is 1. The largest absolute Gasteiger partial charge is 0.454 e. The molecule has 0 unspecified atom stereocenters. The van der Waals surface area contributed by atoms with E-state index in [-0.39, 0.29) is 24.9 Å². The number of nitrogens with one attached hydrogen (secondary N) is 1. The first-order valence-electron chi connectivity index (χ1n) is 8.96. The van der Waals surface area contributed by atoms with Crippen molar-refractivity contribution >= 4 is 5.91 Å². The molecule has 0 atom stereocenters. The van der Waals surface area contributed by atoms with Crippen molar-refractivity contribution in [1.82, 2.24) is 10.3 Å². The molecule has 0 bridgehead atoms. The number of amides is 1. The minimum Gasteiger partial charge on any atom is -0.454 e. The van der Waals surface area contributed by atoms with Crippen LogP contribution in [-0.4, -0.2) is 24.2 Å². The number of carbonyl (C=O) groups excluding carboxylic acids is 1. The summed E-state index contributed by atoms with van der Waals surface area (Å²) in [5, 5.41) is 2.89. The van der Waals surface area contributed by atoms with E-state index in [9.17, 15) is 9.18 Å². The summed E-state index contributed by atoms with van der Waals surface area (Å²) >= 11 is 0. The van der Waals surface area contributed by atoms with Crippen LogP contribution in [0.5, 0.6) is 11.5 Å². The monoisotopic (exact) mass is 382 g/mol. The summed E-state index contributed by atoms with van der Waals surface area (Å²) in [6.07, 6.45) is 0.804. The lowest BCUT2D eigenvalue weighted by atomic mass is 10.1. The van der Waals surface area contributed by atoms with Crippen LogP contribution in [0.2, 0.25) is 0 Å². The number of fused-ring (bicyclic) bond motifs is 1. The van der Waals surface area contributed by atoms with Crippen molar-refractivity contribution in [2.45, 2.75) is 19.8 Å². The Morgan fingerprint density at radius 3 is 2.75 bits per heavy atom. The molecule has 2 heterocycles. The SMILES string of the molecule is Cc1oc(-c2ccc(F)cc2)nc1CC(=O)NCCc1ccc2c(c1)OCO2. The van der Waals surface area contributed by atoms with Crippen molar-refractivity contribution in [3.63, 3.8) is 0 Å². The van der Waals surface area contributed by atoms with Gasteiger partial charge in [-0.15, -0.1) is 0 Å². The maximum atomic E-state index is 13.0. The van der Waals surface area contributed by atoms with E-state index < -0.39 is 0 Å². The molecule has 2 aromatic carbocycles. The molecule has 0 saturated carbocycles. The third-order valence-electron chi connectivity index (χ3n) is 4.48. The maximum Gasteiger partial charge on any atom is 0.231 e. The standard InChI is InChI=1S/C21H19FN2O4/c1-13-17(24-21(28-13)15-3-5-16(22)6-4-15)11-20(25)23-9-8-14-2-7-18-19(10-14)27-12-26-18/h2-7,10H,8-9,11-12H2,1H3,(H,23,25). The molecule has 0 radical (unpaired) electrons. The van der Waals surface area contributed by atoms with Gasteiger partial charge in [-0.2, -0.15) is 0 Å². The highest BCUT2D eigenvalue weighted by Gasteiger charge is 2.15. The first-order chi connectivity index (χ1) is 13.6. The number of rotatable bonds is 6. The first-order valence-corrected chi connectivity index (χ1v) is 8.96. The third-order valence-corrected chi connectivity index (χ3v) is 4.48. The van der Waals surface area contributed by atoms with E-state index in [1.165, 1.54) is 12.1 Å². The number of ether oxygens (including phenoxy) is 2. The zero-order chi connectivity index (χ0) is 19.5. The van der Waals surface area contributed by atoms with Crippen LogP contribution in [-0.2, 0) is 17.6 Å². The van der Waals surface area contributed by atoms with Gasteiger partial charge in [-0.05, 0) is 55.3 Å². The number of halogens is 1. The van der Waals surface area contributed by atoms with Gasteiger partial charge < -0.3 is 19.2 Å². The molecule has 28 heavy (non-hydrogen) atoms. The molecule has 4 rings (SSSR count). The van der Waals surface area contributed by atoms with Gasteiger partial charge in [0.1, 0.15) is 11.6 Å². The second-order valence-electron chi connectivity index (χ2n) is 6.49. The topological polar surface area (TPSA) is 73.6 Å². The van der Waals surface area contributed by atoms with E-state index in [0.29, 0.717) is 35.9 Å². The van der Waals surface area contributed by atoms with Crippen LogP contribution < -0.4 is 14.8 Å². The molecule has 0 aliphatic carbocycles. The van der Waals surface area contributed by atoms with Crippen LogP contribution in [0.1, 0.15) is 17.0 Å². The number of carbonyl (C=O) groups is 1. The Bertz CT molecular complexity index is 998. The molecule has 1 N–H and O–H groups in total. The van der Waals surface area contributed by atoms with Crippen molar-refractivity contribution in [2.24, 2.45) is 0 Å². The van der Waals surface area contributed by atoms with Crippen LogP contribution >= 0.6 is 0 Å². The minimum atomic E-state index is -0.325. The Balaban J connectivity index is 1.32. The number of hydrogen-bond acceptors (Lipinski definition) is 5. The summed E-state index contributed by atoms with van der Waals surface area (Å²) < 4.78 is 29.3.